The van der Waals surface area contributed by atoms with Crippen LogP contribution < -0.4 is 18.9 Å². The molecule has 0 N–H and O–H groups in total. The Morgan fingerprint density at radius 2 is 1.91 bits per heavy atom. The number of methoxy groups -OCH3 is 2. The Kier molecular flexibility index (Phi) is 4.07. The maximum Gasteiger partial charge on any atom is 0.231 e. The lowest BCUT2D eigenvalue weighted by molar-refractivity contribution is 0.174. The first-order valence-corrected chi connectivity index (χ1v) is 6.99. The van der Waals surface area contributed by atoms with Crippen LogP contribution in [0.4, 0.5) is 0 Å². The van der Waals surface area contributed by atoms with Crippen LogP contribution in [0.3, 0.4) is 0 Å². The normalized spacial score (nSPS) is 12.7. The van der Waals surface area contributed by atoms with Gasteiger partial charge in [-0.25, -0.2) is 0 Å². The lowest BCUT2D eigenvalue weighted by atomic mass is 10.0. The zero-order valence-electron chi connectivity index (χ0n) is 12.8. The molecule has 0 saturated heterocycles. The summed E-state index contributed by atoms with van der Waals surface area (Å²) in [5.74, 6) is 2.66. The van der Waals surface area contributed by atoms with Gasteiger partial charge in [0.05, 0.1) is 25.9 Å². The third kappa shape index (κ3) is 2.92. The van der Waals surface area contributed by atoms with Crippen molar-refractivity contribution in [2.75, 3.05) is 21.0 Å². The second-order valence-corrected chi connectivity index (χ2v) is 4.85. The van der Waals surface area contributed by atoms with Crippen molar-refractivity contribution in [3.8, 4) is 29.1 Å². The summed E-state index contributed by atoms with van der Waals surface area (Å²) >= 11 is 0. The lowest BCUT2D eigenvalue weighted by Crippen LogP contribution is -1.93. The average Bonchev–Trinajstić information content (AvgIpc) is 3.07. The summed E-state index contributed by atoms with van der Waals surface area (Å²) in [6, 6.07) is 13.1. The van der Waals surface area contributed by atoms with Crippen LogP contribution in [-0.2, 0) is 0 Å². The molecule has 116 valence electrons. The molecule has 0 fully saturated rings. The number of nitrogens with zero attached hydrogens (tertiary/aromatic N) is 1. The highest BCUT2D eigenvalue weighted by molar-refractivity contribution is 5.91. The van der Waals surface area contributed by atoms with E-state index in [0.717, 1.165) is 11.1 Å². The first kappa shape index (κ1) is 14.8. The van der Waals surface area contributed by atoms with Crippen molar-refractivity contribution in [1.29, 1.82) is 5.26 Å². The summed E-state index contributed by atoms with van der Waals surface area (Å²) in [7, 11) is 3.18. The van der Waals surface area contributed by atoms with Gasteiger partial charge >= 0.3 is 0 Å². The Hall–Kier alpha value is -3.13. The molecule has 2 aromatic rings. The number of hydrogen-bond donors (Lipinski definition) is 0. The van der Waals surface area contributed by atoms with E-state index in [1.807, 2.05) is 18.2 Å². The van der Waals surface area contributed by atoms with Crippen molar-refractivity contribution in [3.63, 3.8) is 0 Å². The van der Waals surface area contributed by atoms with E-state index in [0.29, 0.717) is 28.6 Å². The predicted octanol–water partition coefficient (Wildman–Crippen LogP) is 3.50. The van der Waals surface area contributed by atoms with Gasteiger partial charge < -0.3 is 18.9 Å². The molecule has 0 spiro atoms. The molecule has 0 bridgehead atoms. The minimum atomic E-state index is 0.205. The van der Waals surface area contributed by atoms with E-state index in [1.165, 1.54) is 0 Å². The Morgan fingerprint density at radius 3 is 2.65 bits per heavy atom. The van der Waals surface area contributed by atoms with Gasteiger partial charge in [0.2, 0.25) is 6.79 Å². The van der Waals surface area contributed by atoms with Crippen LogP contribution in [0.5, 0.6) is 23.0 Å². The molecular formula is C18H15NO4. The van der Waals surface area contributed by atoms with Crippen LogP contribution in [0, 0.1) is 11.3 Å². The van der Waals surface area contributed by atoms with Gasteiger partial charge in [0.25, 0.3) is 0 Å². The Labute approximate surface area is 134 Å². The number of ether oxygens (including phenoxy) is 4. The van der Waals surface area contributed by atoms with Gasteiger partial charge in [0.1, 0.15) is 11.5 Å². The summed E-state index contributed by atoms with van der Waals surface area (Å²) in [5.41, 5.74) is 2.06. The van der Waals surface area contributed by atoms with Crippen molar-refractivity contribution >= 4 is 11.6 Å². The summed E-state index contributed by atoms with van der Waals surface area (Å²) in [5, 5.41) is 9.50. The van der Waals surface area contributed by atoms with E-state index >= 15 is 0 Å². The highest BCUT2D eigenvalue weighted by Crippen LogP contribution is 2.35. The van der Waals surface area contributed by atoms with Crippen LogP contribution in [0.25, 0.3) is 11.6 Å². The quantitative estimate of drug-likeness (QED) is 0.639. The third-order valence-corrected chi connectivity index (χ3v) is 3.54. The Morgan fingerprint density at radius 1 is 1.09 bits per heavy atom. The van der Waals surface area contributed by atoms with E-state index in [9.17, 15) is 5.26 Å². The van der Waals surface area contributed by atoms with Crippen LogP contribution in [-0.4, -0.2) is 21.0 Å². The fourth-order valence-corrected chi connectivity index (χ4v) is 2.34. The SMILES string of the molecule is COc1ccc(/C=C(\C#N)c2ccc3c(c2)OCO3)c(OC)c1. The van der Waals surface area contributed by atoms with Crippen molar-refractivity contribution in [2.45, 2.75) is 0 Å². The lowest BCUT2D eigenvalue weighted by Gasteiger charge is -2.08. The number of fused-ring (bicyclic) bond motifs is 1. The number of allylic oxidation sites excluding steroid dienone is 1. The molecule has 5 heteroatoms. The summed E-state index contributed by atoms with van der Waals surface area (Å²) < 4.78 is 21.2. The molecule has 0 saturated carbocycles. The maximum absolute atomic E-state index is 9.50. The van der Waals surface area contributed by atoms with Gasteiger partial charge in [-0.1, -0.05) is 0 Å². The van der Waals surface area contributed by atoms with E-state index in [4.69, 9.17) is 18.9 Å². The van der Waals surface area contributed by atoms with E-state index in [2.05, 4.69) is 6.07 Å². The molecule has 0 unspecified atom stereocenters. The van der Waals surface area contributed by atoms with Crippen LogP contribution in [0.15, 0.2) is 36.4 Å². The number of rotatable bonds is 4. The van der Waals surface area contributed by atoms with Gasteiger partial charge in [0.15, 0.2) is 11.5 Å². The molecule has 0 aromatic heterocycles. The zero-order chi connectivity index (χ0) is 16.2. The Balaban J connectivity index is 2.01. The summed E-state index contributed by atoms with van der Waals surface area (Å²) in [6.45, 7) is 0.205. The fourth-order valence-electron chi connectivity index (χ4n) is 2.34. The molecule has 3 rings (SSSR count). The van der Waals surface area contributed by atoms with Crippen LogP contribution >= 0.6 is 0 Å². The van der Waals surface area contributed by atoms with Gasteiger partial charge in [-0.15, -0.1) is 0 Å². The van der Waals surface area contributed by atoms with Crippen LogP contribution in [0.1, 0.15) is 11.1 Å². The zero-order valence-corrected chi connectivity index (χ0v) is 12.8. The monoisotopic (exact) mass is 309 g/mol. The molecule has 23 heavy (non-hydrogen) atoms. The highest BCUT2D eigenvalue weighted by atomic mass is 16.7. The van der Waals surface area contributed by atoms with Crippen molar-refractivity contribution in [2.24, 2.45) is 0 Å². The van der Waals surface area contributed by atoms with Gasteiger partial charge in [-0.2, -0.15) is 5.26 Å². The predicted molar refractivity (Wildman–Crippen MR) is 85.6 cm³/mol. The minimum Gasteiger partial charge on any atom is -0.497 e. The number of benzene rings is 2. The molecule has 0 amide bonds. The highest BCUT2D eigenvalue weighted by Gasteiger charge is 2.15. The number of hydrogen-bond acceptors (Lipinski definition) is 5. The standard InChI is InChI=1S/C18H15NO4/c1-20-15-5-3-13(17(9-15)21-2)7-14(10-19)12-4-6-16-18(8-12)23-11-22-16/h3-9H,11H2,1-2H3/b14-7+. The van der Waals surface area contributed by atoms with E-state index in [1.54, 1.807) is 38.5 Å². The van der Waals surface area contributed by atoms with E-state index < -0.39 is 0 Å². The molecule has 2 aromatic carbocycles. The first-order chi connectivity index (χ1) is 11.2. The maximum atomic E-state index is 9.50. The van der Waals surface area contributed by atoms with Gasteiger partial charge in [-0.3, -0.25) is 0 Å². The van der Waals surface area contributed by atoms with Gasteiger partial charge in [-0.05, 0) is 42.0 Å². The van der Waals surface area contributed by atoms with Crippen molar-refractivity contribution < 1.29 is 18.9 Å². The van der Waals surface area contributed by atoms with Crippen LogP contribution in [0.2, 0.25) is 0 Å². The summed E-state index contributed by atoms with van der Waals surface area (Å²) in [6.07, 6.45) is 1.77. The molecule has 0 radical (unpaired) electrons. The third-order valence-electron chi connectivity index (χ3n) is 3.54. The van der Waals surface area contributed by atoms with Crippen molar-refractivity contribution in [1.82, 2.24) is 0 Å². The molecule has 0 aliphatic carbocycles. The van der Waals surface area contributed by atoms with Gasteiger partial charge in [0, 0.05) is 11.6 Å². The average molecular weight is 309 g/mol. The second-order valence-electron chi connectivity index (χ2n) is 4.85. The molecular weight excluding hydrogens is 294 g/mol. The molecule has 5 nitrogen and oxygen atoms in total. The molecule has 1 aliphatic rings. The number of nitriles is 1. The molecule has 1 heterocycles. The molecule has 1 aliphatic heterocycles. The first-order valence-electron chi connectivity index (χ1n) is 6.99. The van der Waals surface area contributed by atoms with E-state index in [-0.39, 0.29) is 6.79 Å². The largest absolute Gasteiger partial charge is 0.497 e. The second kappa shape index (κ2) is 6.32. The summed E-state index contributed by atoms with van der Waals surface area (Å²) in [4.78, 5) is 0. The smallest absolute Gasteiger partial charge is 0.231 e. The minimum absolute atomic E-state index is 0.205. The Bertz CT molecular complexity index is 805. The molecule has 0 atom stereocenters. The van der Waals surface area contributed by atoms with Crippen molar-refractivity contribution in [3.05, 3.63) is 47.5 Å². The topological polar surface area (TPSA) is 60.7 Å². The fraction of sp³-hybridized carbons (Fsp3) is 0.167.